The molecule has 0 saturated heterocycles. The third-order valence-corrected chi connectivity index (χ3v) is 2.99. The molecule has 0 fully saturated rings. The average Bonchev–Trinajstić information content (AvgIpc) is 2.24. The summed E-state index contributed by atoms with van der Waals surface area (Å²) >= 11 is 6.75. The minimum absolute atomic E-state index is 0.0134. The number of hydrogen-bond acceptors (Lipinski definition) is 7. The zero-order chi connectivity index (χ0) is 13.3. The Balaban J connectivity index is 2.43. The highest BCUT2D eigenvalue weighted by Gasteiger charge is 2.08. The first-order valence-corrected chi connectivity index (χ1v) is 5.80. The molecule has 0 aliphatic carbocycles. The highest BCUT2D eigenvalue weighted by molar-refractivity contribution is 7.99. The fourth-order valence-corrected chi connectivity index (χ4v) is 2.17. The van der Waals surface area contributed by atoms with Crippen LogP contribution in [0.4, 0.5) is 5.95 Å². The maximum Gasteiger partial charge on any atom is 0.339 e. The van der Waals surface area contributed by atoms with Crippen molar-refractivity contribution in [1.82, 2.24) is 24.7 Å². The van der Waals surface area contributed by atoms with Gasteiger partial charge in [-0.1, -0.05) is 11.6 Å². The van der Waals surface area contributed by atoms with Crippen LogP contribution in [0.5, 0.6) is 0 Å². The predicted octanol–water partition coefficient (Wildman–Crippen LogP) is -0.355. The first kappa shape index (κ1) is 12.6. The first-order valence-electron chi connectivity index (χ1n) is 4.61. The Bertz CT molecular complexity index is 691. The summed E-state index contributed by atoms with van der Waals surface area (Å²) in [6.45, 7) is 0. The van der Waals surface area contributed by atoms with E-state index in [1.54, 1.807) is 7.05 Å². The number of H-pyrrole nitrogens is 1. The largest absolute Gasteiger partial charge is 0.368 e. The molecule has 2 rings (SSSR count). The number of nitrogen functional groups attached to an aromatic ring is 1. The van der Waals surface area contributed by atoms with E-state index in [9.17, 15) is 9.59 Å². The Morgan fingerprint density at radius 3 is 2.78 bits per heavy atom. The molecule has 0 unspecified atom stereocenters. The fraction of sp³-hybridized carbons (Fsp3) is 0.125. The third kappa shape index (κ3) is 2.68. The molecular formula is C8H7ClN6O2S. The smallest absolute Gasteiger partial charge is 0.339 e. The summed E-state index contributed by atoms with van der Waals surface area (Å²) in [6, 6.07) is 1.47. The van der Waals surface area contributed by atoms with E-state index >= 15 is 0 Å². The summed E-state index contributed by atoms with van der Waals surface area (Å²) in [5.41, 5.74) is 3.78. The van der Waals surface area contributed by atoms with E-state index in [1.165, 1.54) is 10.7 Å². The summed E-state index contributed by atoms with van der Waals surface area (Å²) in [5.74, 6) is 0.0134. The SMILES string of the molecule is Cn1[nH]c(=O)c(=O)nc1Sc1cc(Cl)nc(N)n1. The Morgan fingerprint density at radius 2 is 2.11 bits per heavy atom. The second-order valence-corrected chi connectivity index (χ2v) is 4.56. The molecule has 3 N–H and O–H groups in total. The van der Waals surface area contributed by atoms with Gasteiger partial charge in [-0.15, -0.1) is 0 Å². The molecule has 0 saturated carbocycles. The second-order valence-electron chi connectivity index (χ2n) is 3.19. The normalized spacial score (nSPS) is 10.6. The van der Waals surface area contributed by atoms with Crippen LogP contribution >= 0.6 is 23.4 Å². The summed E-state index contributed by atoms with van der Waals surface area (Å²) < 4.78 is 1.31. The zero-order valence-corrected chi connectivity index (χ0v) is 10.6. The van der Waals surface area contributed by atoms with Gasteiger partial charge in [0.1, 0.15) is 10.2 Å². The quantitative estimate of drug-likeness (QED) is 0.571. The lowest BCUT2D eigenvalue weighted by Gasteiger charge is -2.05. The minimum atomic E-state index is -0.872. The maximum absolute atomic E-state index is 11.2. The van der Waals surface area contributed by atoms with E-state index in [0.717, 1.165) is 11.8 Å². The molecule has 2 aromatic heterocycles. The lowest BCUT2D eigenvalue weighted by Crippen LogP contribution is -2.33. The van der Waals surface area contributed by atoms with Crippen LogP contribution in [-0.4, -0.2) is 24.7 Å². The Kier molecular flexibility index (Phi) is 3.34. The van der Waals surface area contributed by atoms with Gasteiger partial charge in [0, 0.05) is 13.1 Å². The summed E-state index contributed by atoms with van der Waals surface area (Å²) in [6.07, 6.45) is 0. The van der Waals surface area contributed by atoms with Crippen LogP contribution in [-0.2, 0) is 7.05 Å². The van der Waals surface area contributed by atoms with Crippen LogP contribution in [0, 0.1) is 0 Å². The van der Waals surface area contributed by atoms with Crippen molar-refractivity contribution < 1.29 is 0 Å². The van der Waals surface area contributed by atoms with Crippen LogP contribution in [0.2, 0.25) is 5.15 Å². The third-order valence-electron chi connectivity index (χ3n) is 1.83. The van der Waals surface area contributed by atoms with Crippen molar-refractivity contribution in [2.45, 2.75) is 10.2 Å². The molecule has 2 heterocycles. The van der Waals surface area contributed by atoms with Crippen molar-refractivity contribution in [3.63, 3.8) is 0 Å². The van der Waals surface area contributed by atoms with Gasteiger partial charge < -0.3 is 5.73 Å². The van der Waals surface area contributed by atoms with E-state index in [-0.39, 0.29) is 16.3 Å². The van der Waals surface area contributed by atoms with Crippen molar-refractivity contribution in [3.05, 3.63) is 31.9 Å². The van der Waals surface area contributed by atoms with Gasteiger partial charge >= 0.3 is 11.1 Å². The Morgan fingerprint density at radius 1 is 1.39 bits per heavy atom. The van der Waals surface area contributed by atoms with E-state index < -0.39 is 11.1 Å². The standard InChI is InChI=1S/C8H7ClN6O2S/c1-15-8(13-5(16)6(17)14-15)18-4-2-3(9)11-7(10)12-4/h2H,1H3,(H,14,17)(H2,10,11,12). The number of aromatic nitrogens is 5. The molecule has 94 valence electrons. The van der Waals surface area contributed by atoms with E-state index in [0.29, 0.717) is 5.03 Å². The highest BCUT2D eigenvalue weighted by atomic mass is 35.5. The number of aryl methyl sites for hydroxylation is 1. The molecule has 18 heavy (non-hydrogen) atoms. The number of nitrogens with two attached hydrogens (primary N) is 1. The molecule has 10 heteroatoms. The Labute approximate surface area is 109 Å². The molecule has 0 aromatic carbocycles. The van der Waals surface area contributed by atoms with Gasteiger partial charge in [0.2, 0.25) is 5.95 Å². The van der Waals surface area contributed by atoms with Gasteiger partial charge in [-0.05, 0) is 11.8 Å². The predicted molar refractivity (Wildman–Crippen MR) is 65.7 cm³/mol. The summed E-state index contributed by atoms with van der Waals surface area (Å²) in [7, 11) is 1.54. The highest BCUT2D eigenvalue weighted by Crippen LogP contribution is 2.24. The molecule has 0 aliphatic rings. The first-order chi connectivity index (χ1) is 8.45. The van der Waals surface area contributed by atoms with Crippen molar-refractivity contribution in [3.8, 4) is 0 Å². The zero-order valence-electron chi connectivity index (χ0n) is 9.05. The summed E-state index contributed by atoms with van der Waals surface area (Å²) in [5, 5.41) is 3.17. The number of hydrogen-bond donors (Lipinski definition) is 2. The molecular weight excluding hydrogens is 280 g/mol. The average molecular weight is 287 g/mol. The number of aromatic amines is 1. The fourth-order valence-electron chi connectivity index (χ4n) is 1.11. The lowest BCUT2D eigenvalue weighted by molar-refractivity contribution is 0.596. The van der Waals surface area contributed by atoms with Gasteiger partial charge in [-0.25, -0.2) is 9.97 Å². The molecule has 0 amide bonds. The van der Waals surface area contributed by atoms with Crippen LogP contribution in [0.25, 0.3) is 0 Å². The van der Waals surface area contributed by atoms with E-state index in [4.69, 9.17) is 17.3 Å². The molecule has 0 bridgehead atoms. The van der Waals surface area contributed by atoms with Crippen molar-refractivity contribution in [1.29, 1.82) is 0 Å². The van der Waals surface area contributed by atoms with Crippen LogP contribution in [0.15, 0.2) is 25.8 Å². The molecule has 8 nitrogen and oxygen atoms in total. The minimum Gasteiger partial charge on any atom is -0.368 e. The lowest BCUT2D eigenvalue weighted by atomic mass is 10.7. The Hall–Kier alpha value is -1.87. The number of rotatable bonds is 2. The van der Waals surface area contributed by atoms with Gasteiger partial charge in [-0.3, -0.25) is 19.4 Å². The molecule has 0 spiro atoms. The molecule has 0 radical (unpaired) electrons. The number of nitrogens with one attached hydrogen (secondary N) is 1. The van der Waals surface area contributed by atoms with Crippen LogP contribution in [0.3, 0.4) is 0 Å². The van der Waals surface area contributed by atoms with Crippen molar-refractivity contribution in [2.24, 2.45) is 7.05 Å². The van der Waals surface area contributed by atoms with Crippen molar-refractivity contribution >= 4 is 29.3 Å². The van der Waals surface area contributed by atoms with E-state index in [1.807, 2.05) is 0 Å². The summed E-state index contributed by atoms with van der Waals surface area (Å²) in [4.78, 5) is 33.4. The van der Waals surface area contributed by atoms with Gasteiger partial charge in [0.05, 0.1) is 0 Å². The van der Waals surface area contributed by atoms with Crippen LogP contribution < -0.4 is 16.9 Å². The molecule has 2 aromatic rings. The number of nitrogens with zero attached hydrogens (tertiary/aromatic N) is 4. The van der Waals surface area contributed by atoms with E-state index in [2.05, 4.69) is 20.1 Å². The maximum atomic E-state index is 11.2. The molecule has 0 atom stereocenters. The number of halogens is 1. The van der Waals surface area contributed by atoms with Crippen molar-refractivity contribution in [2.75, 3.05) is 5.73 Å². The van der Waals surface area contributed by atoms with Crippen LogP contribution in [0.1, 0.15) is 0 Å². The van der Waals surface area contributed by atoms with Gasteiger partial charge in [-0.2, -0.15) is 4.98 Å². The number of anilines is 1. The monoisotopic (exact) mass is 286 g/mol. The second kappa shape index (κ2) is 4.78. The molecule has 0 aliphatic heterocycles. The van der Waals surface area contributed by atoms with Gasteiger partial charge in [0.15, 0.2) is 5.16 Å². The topological polar surface area (TPSA) is 120 Å². The van der Waals surface area contributed by atoms with Gasteiger partial charge in [0.25, 0.3) is 0 Å².